The van der Waals surface area contributed by atoms with Gasteiger partial charge in [-0.2, -0.15) is 0 Å². The Balaban J connectivity index is 0. The summed E-state index contributed by atoms with van der Waals surface area (Å²) in [5, 5.41) is 11.4. The molecule has 0 radical (unpaired) electrons. The molecule has 0 aliphatic rings. The van der Waals surface area contributed by atoms with Crippen LogP contribution in [0, 0.1) is 0 Å². The summed E-state index contributed by atoms with van der Waals surface area (Å²) in [7, 11) is 0. The fraction of sp³-hybridized carbons (Fsp3) is 0.562. The lowest BCUT2D eigenvalue weighted by Crippen LogP contribution is -2.42. The average Bonchev–Trinajstić information content (AvgIpc) is 2.32. The molecule has 3 nitrogen and oxygen atoms in total. The van der Waals surface area contributed by atoms with E-state index in [9.17, 15) is 4.79 Å². The van der Waals surface area contributed by atoms with Crippen LogP contribution in [0.3, 0.4) is 0 Å². The summed E-state index contributed by atoms with van der Waals surface area (Å²) in [5.74, 6) is -0.137. The Morgan fingerprint density at radius 3 is 2.26 bits per heavy atom. The molecular formula is C16H29NO2. The van der Waals surface area contributed by atoms with Crippen LogP contribution in [-0.2, 0) is 4.79 Å². The zero-order valence-corrected chi connectivity index (χ0v) is 12.8. The van der Waals surface area contributed by atoms with Gasteiger partial charge in [-0.15, -0.1) is 0 Å². The Bertz CT molecular complexity index is 298. The summed E-state index contributed by atoms with van der Waals surface area (Å²) in [5.41, 5.74) is 0.120. The second-order valence-electron chi connectivity index (χ2n) is 4.82. The van der Waals surface area contributed by atoms with Crippen LogP contribution in [0.4, 0.5) is 0 Å². The summed E-state index contributed by atoms with van der Waals surface area (Å²) >= 11 is 0. The quantitative estimate of drug-likeness (QED) is 0.545. The SMILES string of the molecule is C=C/C=C\C(=C)CCCC.CCC(=O)NC(C)(C)O. The molecule has 0 fully saturated rings. The Morgan fingerprint density at radius 2 is 1.95 bits per heavy atom. The van der Waals surface area contributed by atoms with Crippen LogP contribution in [0.25, 0.3) is 0 Å². The first kappa shape index (κ1) is 20.0. The predicted molar refractivity (Wildman–Crippen MR) is 82.7 cm³/mol. The second-order valence-corrected chi connectivity index (χ2v) is 4.82. The number of carbonyl (C=O) groups is 1. The number of rotatable bonds is 7. The summed E-state index contributed by atoms with van der Waals surface area (Å²) in [6.45, 7) is 14.5. The van der Waals surface area contributed by atoms with Gasteiger partial charge in [-0.05, 0) is 26.7 Å². The third-order valence-electron chi connectivity index (χ3n) is 2.09. The smallest absolute Gasteiger partial charge is 0.221 e. The van der Waals surface area contributed by atoms with Gasteiger partial charge in [0, 0.05) is 6.42 Å². The molecule has 0 aliphatic carbocycles. The average molecular weight is 267 g/mol. The van der Waals surface area contributed by atoms with Crippen molar-refractivity contribution < 1.29 is 9.90 Å². The van der Waals surface area contributed by atoms with E-state index in [1.54, 1.807) is 13.0 Å². The van der Waals surface area contributed by atoms with Crippen molar-refractivity contribution in [3.8, 4) is 0 Å². The topological polar surface area (TPSA) is 49.3 Å². The molecule has 0 aromatic carbocycles. The molecule has 1 amide bonds. The zero-order chi connectivity index (χ0) is 15.3. The molecule has 0 heterocycles. The number of carbonyl (C=O) groups excluding carboxylic acids is 1. The van der Waals surface area contributed by atoms with Crippen molar-refractivity contribution in [3.05, 3.63) is 37.0 Å². The van der Waals surface area contributed by atoms with E-state index in [-0.39, 0.29) is 5.91 Å². The minimum absolute atomic E-state index is 0.137. The van der Waals surface area contributed by atoms with Gasteiger partial charge in [-0.25, -0.2) is 0 Å². The van der Waals surface area contributed by atoms with E-state index in [0.29, 0.717) is 6.42 Å². The van der Waals surface area contributed by atoms with Gasteiger partial charge in [0.05, 0.1) is 0 Å². The van der Waals surface area contributed by atoms with Gasteiger partial charge >= 0.3 is 0 Å². The third-order valence-corrected chi connectivity index (χ3v) is 2.09. The van der Waals surface area contributed by atoms with Crippen molar-refractivity contribution in [2.75, 3.05) is 0 Å². The standard InChI is InChI=1S/C10H16.C6H13NO2/c1-4-6-8-10(3)9-7-5-2;1-4-5(8)7-6(2,3)9/h4,6,8H,1,3,5,7,9H2,2H3;9H,4H2,1-3H3,(H,7,8)/b8-6-;. The van der Waals surface area contributed by atoms with Gasteiger partial charge in [0.1, 0.15) is 5.72 Å². The van der Waals surface area contributed by atoms with E-state index in [4.69, 9.17) is 5.11 Å². The monoisotopic (exact) mass is 267 g/mol. The molecule has 0 atom stereocenters. The maximum atomic E-state index is 10.6. The molecule has 2 N–H and O–H groups in total. The fourth-order valence-electron chi connectivity index (χ4n) is 1.12. The van der Waals surface area contributed by atoms with Crippen molar-refractivity contribution >= 4 is 5.91 Å². The number of unbranched alkanes of at least 4 members (excludes halogenated alkanes) is 1. The Kier molecular flexibility index (Phi) is 12.3. The molecular weight excluding hydrogens is 238 g/mol. The number of hydrogen-bond donors (Lipinski definition) is 2. The van der Waals surface area contributed by atoms with Crippen LogP contribution in [0.1, 0.15) is 53.4 Å². The largest absolute Gasteiger partial charge is 0.372 e. The summed E-state index contributed by atoms with van der Waals surface area (Å²) in [4.78, 5) is 10.6. The lowest BCUT2D eigenvalue weighted by molar-refractivity contribution is -0.126. The molecule has 0 saturated carbocycles. The van der Waals surface area contributed by atoms with Gasteiger partial charge < -0.3 is 10.4 Å². The lowest BCUT2D eigenvalue weighted by atomic mass is 10.1. The highest BCUT2D eigenvalue weighted by atomic mass is 16.3. The maximum Gasteiger partial charge on any atom is 0.221 e. The van der Waals surface area contributed by atoms with E-state index in [1.165, 1.54) is 32.3 Å². The van der Waals surface area contributed by atoms with E-state index in [0.717, 1.165) is 6.42 Å². The van der Waals surface area contributed by atoms with Crippen LogP contribution in [0.5, 0.6) is 0 Å². The number of hydrogen-bond acceptors (Lipinski definition) is 2. The number of amides is 1. The highest BCUT2D eigenvalue weighted by Gasteiger charge is 2.13. The molecule has 110 valence electrons. The normalized spacial score (nSPS) is 10.6. The highest BCUT2D eigenvalue weighted by molar-refractivity contribution is 5.75. The molecule has 0 spiro atoms. The minimum Gasteiger partial charge on any atom is -0.372 e. The van der Waals surface area contributed by atoms with Crippen molar-refractivity contribution in [1.82, 2.24) is 5.32 Å². The molecule has 0 aromatic rings. The highest BCUT2D eigenvalue weighted by Crippen LogP contribution is 2.05. The second kappa shape index (κ2) is 11.7. The first-order chi connectivity index (χ1) is 8.76. The fourth-order valence-corrected chi connectivity index (χ4v) is 1.12. The van der Waals surface area contributed by atoms with Crippen molar-refractivity contribution in [1.29, 1.82) is 0 Å². The third kappa shape index (κ3) is 19.2. The molecule has 0 bridgehead atoms. The van der Waals surface area contributed by atoms with Gasteiger partial charge in [0.25, 0.3) is 0 Å². The van der Waals surface area contributed by atoms with Crippen LogP contribution < -0.4 is 5.32 Å². The Hall–Kier alpha value is -1.35. The predicted octanol–water partition coefficient (Wildman–Crippen LogP) is 3.72. The molecule has 0 aromatic heterocycles. The first-order valence-corrected chi connectivity index (χ1v) is 6.77. The van der Waals surface area contributed by atoms with Crippen LogP contribution in [0.2, 0.25) is 0 Å². The molecule has 19 heavy (non-hydrogen) atoms. The maximum absolute atomic E-state index is 10.6. The van der Waals surface area contributed by atoms with Gasteiger partial charge in [-0.1, -0.05) is 57.2 Å². The van der Waals surface area contributed by atoms with E-state index in [1.807, 2.05) is 12.2 Å². The molecule has 0 aliphatic heterocycles. The number of aliphatic hydroxyl groups is 1. The van der Waals surface area contributed by atoms with Gasteiger partial charge in [0.15, 0.2) is 0 Å². The van der Waals surface area contributed by atoms with E-state index in [2.05, 4.69) is 25.4 Å². The van der Waals surface area contributed by atoms with Gasteiger partial charge in [-0.3, -0.25) is 4.79 Å². The lowest BCUT2D eigenvalue weighted by Gasteiger charge is -2.18. The summed E-state index contributed by atoms with van der Waals surface area (Å²) in [6.07, 6.45) is 9.71. The first-order valence-electron chi connectivity index (χ1n) is 6.77. The Morgan fingerprint density at radius 1 is 1.37 bits per heavy atom. The van der Waals surface area contributed by atoms with Crippen molar-refractivity contribution in [2.45, 2.75) is 59.1 Å². The van der Waals surface area contributed by atoms with E-state index < -0.39 is 5.72 Å². The number of nitrogens with one attached hydrogen (secondary N) is 1. The summed E-state index contributed by atoms with van der Waals surface area (Å²) < 4.78 is 0. The van der Waals surface area contributed by atoms with Crippen LogP contribution in [0.15, 0.2) is 37.0 Å². The van der Waals surface area contributed by atoms with Crippen LogP contribution >= 0.6 is 0 Å². The number of allylic oxidation sites excluding steroid dienone is 4. The molecule has 3 heteroatoms. The molecule has 0 unspecified atom stereocenters. The van der Waals surface area contributed by atoms with Crippen LogP contribution in [-0.4, -0.2) is 16.7 Å². The Labute approximate surface area is 118 Å². The molecule has 0 saturated heterocycles. The summed E-state index contributed by atoms with van der Waals surface area (Å²) in [6, 6.07) is 0. The van der Waals surface area contributed by atoms with E-state index >= 15 is 0 Å². The van der Waals surface area contributed by atoms with Gasteiger partial charge in [0.2, 0.25) is 5.91 Å². The minimum atomic E-state index is -1.08. The van der Waals surface area contributed by atoms with Crippen molar-refractivity contribution in [2.24, 2.45) is 0 Å². The van der Waals surface area contributed by atoms with Crippen molar-refractivity contribution in [3.63, 3.8) is 0 Å². The molecule has 0 rings (SSSR count). The zero-order valence-electron chi connectivity index (χ0n) is 12.8.